The van der Waals surface area contributed by atoms with Crippen LogP contribution in [-0.4, -0.2) is 0 Å². The minimum absolute atomic E-state index is 0.381. The zero-order chi connectivity index (χ0) is 9.19. The van der Waals surface area contributed by atoms with E-state index in [1.807, 2.05) is 30.3 Å². The third kappa shape index (κ3) is 2.22. The van der Waals surface area contributed by atoms with Gasteiger partial charge in [-0.3, -0.25) is 0 Å². The molecule has 0 saturated heterocycles. The zero-order valence-corrected chi connectivity index (χ0v) is 10.3. The van der Waals surface area contributed by atoms with Gasteiger partial charge in [0.1, 0.15) is 0 Å². The summed E-state index contributed by atoms with van der Waals surface area (Å²) in [5.41, 5.74) is 0. The predicted octanol–water partition coefficient (Wildman–Crippen LogP) is 3.60. The van der Waals surface area contributed by atoms with Gasteiger partial charge in [0.2, 0.25) is 0 Å². The molecule has 0 aliphatic rings. The van der Waals surface area contributed by atoms with Gasteiger partial charge in [0.05, 0.1) is 0 Å². The van der Waals surface area contributed by atoms with E-state index < -0.39 is 12.8 Å². The second-order valence-electron chi connectivity index (χ2n) is 2.71. The van der Waals surface area contributed by atoms with Gasteiger partial charge in [-0.05, 0) is 0 Å². The van der Waals surface area contributed by atoms with E-state index in [0.717, 1.165) is 4.16 Å². The van der Waals surface area contributed by atoms with Crippen LogP contribution in [0.1, 0.15) is 13.8 Å². The standard InChI is InChI=1S/C6H5.C3H7.2ClH.Ru/c1-2-4-6-5-3-1;1-3-2;;;/h1-5H;3H,1-2H3;2*1H;/q;;;;+2/p-2. The SMILES string of the molecule is C[CH](C)[Ru]([Cl])([Cl])[c]1ccccc1. The van der Waals surface area contributed by atoms with E-state index in [1.54, 1.807) is 0 Å². The molecule has 0 atom stereocenters. The van der Waals surface area contributed by atoms with Crippen molar-refractivity contribution in [1.29, 1.82) is 0 Å². The van der Waals surface area contributed by atoms with Crippen molar-refractivity contribution in [1.82, 2.24) is 0 Å². The maximum absolute atomic E-state index is 6.33. The van der Waals surface area contributed by atoms with E-state index in [4.69, 9.17) is 19.4 Å². The molecule has 1 rings (SSSR count). The van der Waals surface area contributed by atoms with E-state index in [9.17, 15) is 0 Å². The van der Waals surface area contributed by atoms with Crippen LogP contribution in [0.15, 0.2) is 30.3 Å². The molecule has 0 bridgehead atoms. The van der Waals surface area contributed by atoms with Crippen LogP contribution in [0, 0.1) is 0 Å². The Labute approximate surface area is 84.8 Å². The molecular weight excluding hydrogens is 280 g/mol. The summed E-state index contributed by atoms with van der Waals surface area (Å²) in [6.07, 6.45) is 0. The summed E-state index contributed by atoms with van der Waals surface area (Å²) in [7, 11) is 12.7. The Morgan fingerprint density at radius 2 is 1.58 bits per heavy atom. The first-order valence-corrected chi connectivity index (χ1v) is 10.1. The van der Waals surface area contributed by atoms with Crippen LogP contribution >= 0.6 is 19.4 Å². The maximum atomic E-state index is 6.33. The molecule has 0 unspecified atom stereocenters. The van der Waals surface area contributed by atoms with Gasteiger partial charge in [-0.15, -0.1) is 0 Å². The van der Waals surface area contributed by atoms with Gasteiger partial charge in [0, 0.05) is 0 Å². The van der Waals surface area contributed by atoms with Gasteiger partial charge in [0.15, 0.2) is 0 Å². The molecule has 0 saturated carbocycles. The van der Waals surface area contributed by atoms with Crippen LogP contribution in [0.3, 0.4) is 0 Å². The predicted molar refractivity (Wildman–Crippen MR) is 52.9 cm³/mol. The molecule has 0 aliphatic heterocycles. The van der Waals surface area contributed by atoms with Crippen molar-refractivity contribution in [3.05, 3.63) is 30.3 Å². The molecule has 1 aromatic carbocycles. The number of hydrogen-bond donors (Lipinski definition) is 0. The second kappa shape index (κ2) is 4.09. The molecule has 0 radical (unpaired) electrons. The number of benzene rings is 1. The summed E-state index contributed by atoms with van der Waals surface area (Å²) < 4.78 is 1.51. The fraction of sp³-hybridized carbons (Fsp3) is 0.333. The van der Waals surface area contributed by atoms with E-state index in [-0.39, 0.29) is 0 Å². The van der Waals surface area contributed by atoms with Crippen LogP contribution < -0.4 is 4.16 Å². The van der Waals surface area contributed by atoms with Crippen molar-refractivity contribution in [3.8, 4) is 0 Å². The first-order chi connectivity index (χ1) is 5.55. The third-order valence-corrected chi connectivity index (χ3v) is 11.4. The zero-order valence-electron chi connectivity index (χ0n) is 7.07. The Morgan fingerprint density at radius 1 is 1.08 bits per heavy atom. The quantitative estimate of drug-likeness (QED) is 0.731. The Balaban J connectivity index is 2.98. The van der Waals surface area contributed by atoms with Crippen molar-refractivity contribution in [2.45, 2.75) is 18.4 Å². The van der Waals surface area contributed by atoms with Crippen molar-refractivity contribution in [2.75, 3.05) is 0 Å². The normalized spacial score (nSPS) is 13.4. The summed E-state index contributed by atoms with van der Waals surface area (Å²) in [5, 5.41) is 0. The fourth-order valence-electron chi connectivity index (χ4n) is 0.803. The van der Waals surface area contributed by atoms with Gasteiger partial charge < -0.3 is 0 Å². The number of hydrogen-bond acceptors (Lipinski definition) is 0. The topological polar surface area (TPSA) is 0 Å². The number of rotatable bonds is 2. The molecule has 12 heavy (non-hydrogen) atoms. The monoisotopic (exact) mass is 292 g/mol. The summed E-state index contributed by atoms with van der Waals surface area (Å²) in [6.45, 7) is 4.16. The van der Waals surface area contributed by atoms with Gasteiger partial charge in [0.25, 0.3) is 0 Å². The molecule has 0 aromatic heterocycles. The summed E-state index contributed by atoms with van der Waals surface area (Å²) in [5.74, 6) is 0. The molecule has 0 N–H and O–H groups in total. The second-order valence-corrected chi connectivity index (χ2v) is 13.7. The van der Waals surface area contributed by atoms with Crippen LogP contribution in [0.2, 0.25) is 4.51 Å². The first kappa shape index (κ1) is 10.5. The Morgan fingerprint density at radius 3 is 2.00 bits per heavy atom. The van der Waals surface area contributed by atoms with Crippen LogP contribution in [-0.2, 0) is 12.8 Å². The van der Waals surface area contributed by atoms with Gasteiger partial charge >= 0.3 is 85.0 Å². The molecule has 3 heteroatoms. The Hall–Kier alpha value is 0.423. The first-order valence-electron chi connectivity index (χ1n) is 3.71. The van der Waals surface area contributed by atoms with E-state index in [0.29, 0.717) is 4.51 Å². The summed E-state index contributed by atoms with van der Waals surface area (Å²) >= 11 is -2.54. The number of halogens is 2. The molecule has 1 aromatic rings. The van der Waals surface area contributed by atoms with Gasteiger partial charge in [-0.2, -0.15) is 0 Å². The fourth-order valence-corrected chi connectivity index (χ4v) is 4.12. The molecule has 0 nitrogen and oxygen atoms in total. The van der Waals surface area contributed by atoms with Gasteiger partial charge in [-0.1, -0.05) is 0 Å². The molecule has 0 amide bonds. The molecule has 70 valence electrons. The molecule has 0 spiro atoms. The third-order valence-electron chi connectivity index (χ3n) is 1.51. The molecular formula is C9H12Cl2Ru. The van der Waals surface area contributed by atoms with Crippen LogP contribution in [0.5, 0.6) is 0 Å². The molecule has 0 aliphatic carbocycles. The van der Waals surface area contributed by atoms with Crippen molar-refractivity contribution in [2.24, 2.45) is 0 Å². The summed E-state index contributed by atoms with van der Waals surface area (Å²) in [6, 6.07) is 9.99. The molecule has 0 heterocycles. The summed E-state index contributed by atoms with van der Waals surface area (Å²) in [4.78, 5) is 0. The Bertz CT molecular complexity index is 244. The van der Waals surface area contributed by atoms with Crippen LogP contribution in [0.25, 0.3) is 0 Å². The van der Waals surface area contributed by atoms with Gasteiger partial charge in [-0.25, -0.2) is 0 Å². The van der Waals surface area contributed by atoms with E-state index in [2.05, 4.69) is 13.8 Å². The van der Waals surface area contributed by atoms with Crippen molar-refractivity contribution in [3.63, 3.8) is 0 Å². The van der Waals surface area contributed by atoms with E-state index in [1.165, 1.54) is 0 Å². The van der Waals surface area contributed by atoms with Crippen LogP contribution in [0.4, 0.5) is 0 Å². The Kier molecular flexibility index (Phi) is 3.58. The average molecular weight is 292 g/mol. The average Bonchev–Trinajstić information content (AvgIpc) is 2.06. The van der Waals surface area contributed by atoms with Crippen molar-refractivity contribution >= 4 is 23.5 Å². The van der Waals surface area contributed by atoms with Crippen molar-refractivity contribution < 1.29 is 12.8 Å². The minimum atomic E-state index is -2.54. The van der Waals surface area contributed by atoms with E-state index >= 15 is 0 Å². The molecule has 0 fully saturated rings.